The Bertz CT molecular complexity index is 606. The smallest absolute Gasteiger partial charge is 0.131 e. The summed E-state index contributed by atoms with van der Waals surface area (Å²) in [6.45, 7) is 7.63. The van der Waals surface area contributed by atoms with Crippen LogP contribution in [0.1, 0.15) is 26.3 Å². The highest BCUT2D eigenvalue weighted by atomic mass is 28.3. The van der Waals surface area contributed by atoms with Gasteiger partial charge in [-0.1, -0.05) is 69.2 Å². The average Bonchev–Trinajstić information content (AvgIpc) is 2.65. The first-order valence-corrected chi connectivity index (χ1v) is 11.8. The van der Waals surface area contributed by atoms with E-state index in [1.807, 2.05) is 30.5 Å². The van der Waals surface area contributed by atoms with Gasteiger partial charge in [-0.05, 0) is 11.6 Å². The Labute approximate surface area is 147 Å². The lowest BCUT2D eigenvalue weighted by molar-refractivity contribution is 0.306. The van der Waals surface area contributed by atoms with Gasteiger partial charge in [0.2, 0.25) is 0 Å². The van der Waals surface area contributed by atoms with Crippen molar-refractivity contribution >= 4 is 13.9 Å². The van der Waals surface area contributed by atoms with Gasteiger partial charge in [-0.25, -0.2) is 4.98 Å². The van der Waals surface area contributed by atoms with Crippen molar-refractivity contribution in [2.75, 3.05) is 18.1 Å². The van der Waals surface area contributed by atoms with Crippen LogP contribution in [0.4, 0.5) is 5.82 Å². The molecule has 0 aliphatic carbocycles. The van der Waals surface area contributed by atoms with Crippen LogP contribution in [0, 0.1) is 0 Å². The van der Waals surface area contributed by atoms with E-state index < -0.39 is 8.07 Å². The Hall–Kier alpha value is -1.81. The van der Waals surface area contributed by atoms with Crippen molar-refractivity contribution in [2.24, 2.45) is 0 Å². The Balaban J connectivity index is 2.03. The third kappa shape index (κ3) is 4.84. The second-order valence-corrected chi connectivity index (χ2v) is 12.0. The summed E-state index contributed by atoms with van der Waals surface area (Å²) in [6.07, 6.45) is 3.00. The minimum absolute atomic E-state index is 0.589. The molecule has 3 nitrogen and oxygen atoms in total. The van der Waals surface area contributed by atoms with E-state index in [4.69, 9.17) is 4.74 Å². The molecule has 2 aromatic rings. The number of ether oxygens (including phenoxy) is 1. The van der Waals surface area contributed by atoms with Crippen LogP contribution in [0.15, 0.2) is 48.7 Å². The Morgan fingerprint density at radius 2 is 1.67 bits per heavy atom. The van der Waals surface area contributed by atoms with Crippen LogP contribution in [-0.4, -0.2) is 26.3 Å². The third-order valence-corrected chi connectivity index (χ3v) is 10.8. The second kappa shape index (κ2) is 8.88. The molecule has 0 unspecified atom stereocenters. The summed E-state index contributed by atoms with van der Waals surface area (Å²) in [5.41, 5.74) is 1.18. The highest BCUT2D eigenvalue weighted by Gasteiger charge is 2.28. The summed E-state index contributed by atoms with van der Waals surface area (Å²) in [6, 6.07) is 18.2. The fourth-order valence-electron chi connectivity index (χ4n) is 3.11. The highest BCUT2D eigenvalue weighted by molar-refractivity contribution is 6.80. The van der Waals surface area contributed by atoms with Crippen LogP contribution in [0.3, 0.4) is 0 Å². The molecule has 0 amide bonds. The van der Waals surface area contributed by atoms with Gasteiger partial charge in [0.05, 0.1) is 8.07 Å². The van der Waals surface area contributed by atoms with Crippen molar-refractivity contribution in [1.82, 2.24) is 4.98 Å². The van der Waals surface area contributed by atoms with Gasteiger partial charge in [0.1, 0.15) is 18.2 Å². The molecule has 0 N–H and O–H groups in total. The zero-order valence-corrected chi connectivity index (χ0v) is 16.5. The van der Waals surface area contributed by atoms with Gasteiger partial charge < -0.3 is 9.64 Å². The number of aromatic nitrogens is 1. The van der Waals surface area contributed by atoms with Gasteiger partial charge >= 0.3 is 0 Å². The number of pyridine rings is 1. The fourth-order valence-corrected chi connectivity index (χ4v) is 6.45. The monoisotopic (exact) mass is 342 g/mol. The zero-order valence-electron chi connectivity index (χ0n) is 15.5. The topological polar surface area (TPSA) is 25.4 Å². The Morgan fingerprint density at radius 3 is 2.29 bits per heavy atom. The number of anilines is 1. The van der Waals surface area contributed by atoms with Crippen LogP contribution in [0.2, 0.25) is 18.1 Å². The van der Waals surface area contributed by atoms with Crippen molar-refractivity contribution < 1.29 is 4.74 Å². The molecule has 0 fully saturated rings. The molecule has 1 aromatic carbocycles. The predicted octanol–water partition coefficient (Wildman–Crippen LogP) is 5.14. The maximum Gasteiger partial charge on any atom is 0.131 e. The molecule has 0 atom stereocenters. The zero-order chi connectivity index (χ0) is 17.4. The largest absolute Gasteiger partial charge is 0.489 e. The van der Waals surface area contributed by atoms with Gasteiger partial charge in [0, 0.05) is 25.5 Å². The summed E-state index contributed by atoms with van der Waals surface area (Å²) in [7, 11) is 0.952. The standard InChI is InChI=1S/C20H30N2OSi/c1-5-24(6-2,7-3)17-22(4)20-15-19(13-14-21-20)23-16-18-11-9-8-10-12-18/h8-15H,5-7,16-17H2,1-4H3. The lowest BCUT2D eigenvalue weighted by Gasteiger charge is -2.33. The van der Waals surface area contributed by atoms with Crippen LogP contribution in [0.5, 0.6) is 5.75 Å². The molecule has 0 bridgehead atoms. The molecule has 4 heteroatoms. The first-order chi connectivity index (χ1) is 11.6. The van der Waals surface area contributed by atoms with Crippen LogP contribution in [-0.2, 0) is 6.61 Å². The highest BCUT2D eigenvalue weighted by Crippen LogP contribution is 2.25. The van der Waals surface area contributed by atoms with Crippen LogP contribution in [0.25, 0.3) is 0 Å². The fraction of sp³-hybridized carbons (Fsp3) is 0.450. The summed E-state index contributed by atoms with van der Waals surface area (Å²) < 4.78 is 5.94. The van der Waals surface area contributed by atoms with E-state index >= 15 is 0 Å². The normalized spacial score (nSPS) is 11.3. The van der Waals surface area contributed by atoms with E-state index in [0.717, 1.165) is 17.7 Å². The molecule has 0 saturated carbocycles. The third-order valence-electron chi connectivity index (χ3n) is 5.18. The quantitative estimate of drug-likeness (QED) is 0.590. The molecule has 0 saturated heterocycles. The molecule has 0 aliphatic rings. The number of nitrogens with zero attached hydrogens (tertiary/aromatic N) is 2. The van der Waals surface area contributed by atoms with Gasteiger partial charge in [0.25, 0.3) is 0 Å². The number of hydrogen-bond acceptors (Lipinski definition) is 3. The number of hydrogen-bond donors (Lipinski definition) is 0. The molecule has 1 aromatic heterocycles. The molecule has 0 aliphatic heterocycles. The van der Waals surface area contributed by atoms with Crippen molar-refractivity contribution in [3.05, 3.63) is 54.2 Å². The minimum Gasteiger partial charge on any atom is -0.489 e. The van der Waals surface area contributed by atoms with E-state index in [9.17, 15) is 0 Å². The lowest BCUT2D eigenvalue weighted by Crippen LogP contribution is -2.44. The number of rotatable bonds is 9. The molecule has 2 rings (SSSR count). The molecule has 0 spiro atoms. The van der Waals surface area contributed by atoms with E-state index in [0.29, 0.717) is 6.61 Å². The average molecular weight is 343 g/mol. The summed E-state index contributed by atoms with van der Waals surface area (Å²) >= 11 is 0. The SMILES string of the molecule is CC[Si](CC)(CC)CN(C)c1cc(OCc2ccccc2)ccn1. The summed E-state index contributed by atoms with van der Waals surface area (Å²) in [5.74, 6) is 1.89. The lowest BCUT2D eigenvalue weighted by atomic mass is 10.2. The second-order valence-electron chi connectivity index (χ2n) is 6.54. The maximum atomic E-state index is 5.94. The van der Waals surface area contributed by atoms with E-state index in [2.05, 4.69) is 55.9 Å². The Kier molecular flexibility index (Phi) is 6.85. The molecular formula is C20H30N2OSi. The molecular weight excluding hydrogens is 312 g/mol. The molecule has 130 valence electrons. The first kappa shape index (κ1) is 18.5. The molecule has 0 radical (unpaired) electrons. The molecule has 24 heavy (non-hydrogen) atoms. The van der Waals surface area contributed by atoms with Crippen LogP contribution >= 0.6 is 0 Å². The van der Waals surface area contributed by atoms with Gasteiger partial charge in [-0.3, -0.25) is 0 Å². The van der Waals surface area contributed by atoms with E-state index in [-0.39, 0.29) is 0 Å². The summed E-state index contributed by atoms with van der Waals surface area (Å²) in [5, 5.41) is 0. The van der Waals surface area contributed by atoms with Gasteiger partial charge in [0.15, 0.2) is 0 Å². The van der Waals surface area contributed by atoms with E-state index in [1.165, 1.54) is 23.7 Å². The van der Waals surface area contributed by atoms with Crippen molar-refractivity contribution in [1.29, 1.82) is 0 Å². The predicted molar refractivity (Wildman–Crippen MR) is 105 cm³/mol. The minimum atomic E-state index is -1.21. The van der Waals surface area contributed by atoms with Crippen LogP contribution < -0.4 is 9.64 Å². The van der Waals surface area contributed by atoms with Gasteiger partial charge in [-0.2, -0.15) is 0 Å². The Morgan fingerprint density at radius 1 is 1.00 bits per heavy atom. The van der Waals surface area contributed by atoms with Crippen molar-refractivity contribution in [2.45, 2.75) is 45.5 Å². The van der Waals surface area contributed by atoms with Crippen molar-refractivity contribution in [3.63, 3.8) is 0 Å². The maximum absolute atomic E-state index is 5.94. The van der Waals surface area contributed by atoms with Gasteiger partial charge in [-0.15, -0.1) is 0 Å². The first-order valence-electron chi connectivity index (χ1n) is 8.96. The molecule has 1 heterocycles. The summed E-state index contributed by atoms with van der Waals surface area (Å²) in [4.78, 5) is 6.87. The number of benzene rings is 1. The van der Waals surface area contributed by atoms with Crippen molar-refractivity contribution in [3.8, 4) is 5.75 Å². The van der Waals surface area contributed by atoms with E-state index in [1.54, 1.807) is 0 Å².